The van der Waals surface area contributed by atoms with Gasteiger partial charge < -0.3 is 20.3 Å². The maximum Gasteiger partial charge on any atom is 0.220 e. The molecule has 21 heavy (non-hydrogen) atoms. The summed E-state index contributed by atoms with van der Waals surface area (Å²) in [7, 11) is 0. The van der Waals surface area contributed by atoms with E-state index in [1.54, 1.807) is 6.33 Å². The van der Waals surface area contributed by atoms with Gasteiger partial charge in [-0.25, -0.2) is 9.97 Å². The molecule has 1 aromatic heterocycles. The smallest absolute Gasteiger partial charge is 0.220 e. The van der Waals surface area contributed by atoms with E-state index in [1.807, 2.05) is 6.07 Å². The fourth-order valence-corrected chi connectivity index (χ4v) is 2.87. The van der Waals surface area contributed by atoms with Gasteiger partial charge in [0.05, 0.1) is 13.2 Å². The first-order chi connectivity index (χ1) is 10.2. The van der Waals surface area contributed by atoms with Crippen molar-refractivity contribution >= 4 is 17.5 Å². The number of rotatable bonds is 3. The lowest BCUT2D eigenvalue weighted by atomic mass is 9.96. The van der Waals surface area contributed by atoms with Gasteiger partial charge in [0.1, 0.15) is 18.0 Å². The summed E-state index contributed by atoms with van der Waals surface area (Å²) < 4.78 is 5.36. The van der Waals surface area contributed by atoms with Crippen molar-refractivity contribution in [1.29, 1.82) is 0 Å². The molecule has 114 valence electrons. The Kier molecular flexibility index (Phi) is 4.19. The highest BCUT2D eigenvalue weighted by Gasteiger charge is 2.24. The molecule has 0 aliphatic carbocycles. The molecule has 0 bridgehead atoms. The monoisotopic (exact) mass is 291 g/mol. The number of piperidine rings is 1. The molecule has 2 aliphatic rings. The number of nitrogens with two attached hydrogens (primary N) is 1. The summed E-state index contributed by atoms with van der Waals surface area (Å²) >= 11 is 0. The molecule has 0 unspecified atom stereocenters. The second-order valence-corrected chi connectivity index (χ2v) is 5.50. The van der Waals surface area contributed by atoms with Crippen LogP contribution in [0.4, 0.5) is 11.6 Å². The highest BCUT2D eigenvalue weighted by atomic mass is 16.5. The van der Waals surface area contributed by atoms with E-state index in [0.717, 1.165) is 63.9 Å². The van der Waals surface area contributed by atoms with Gasteiger partial charge in [0.15, 0.2) is 0 Å². The van der Waals surface area contributed by atoms with Crippen molar-refractivity contribution < 1.29 is 9.53 Å². The van der Waals surface area contributed by atoms with E-state index in [1.165, 1.54) is 0 Å². The van der Waals surface area contributed by atoms with Gasteiger partial charge in [-0.3, -0.25) is 4.79 Å². The van der Waals surface area contributed by atoms with Gasteiger partial charge in [0.25, 0.3) is 0 Å². The normalized spacial score (nSPS) is 20.6. The zero-order chi connectivity index (χ0) is 14.7. The van der Waals surface area contributed by atoms with Crippen LogP contribution in [0.25, 0.3) is 0 Å². The predicted octanol–water partition coefficient (Wildman–Crippen LogP) is 0.0149. The summed E-state index contributed by atoms with van der Waals surface area (Å²) in [5.41, 5.74) is 5.37. The van der Waals surface area contributed by atoms with Crippen LogP contribution >= 0.6 is 0 Å². The van der Waals surface area contributed by atoms with E-state index in [2.05, 4.69) is 19.8 Å². The van der Waals surface area contributed by atoms with E-state index in [0.29, 0.717) is 0 Å². The molecule has 2 saturated heterocycles. The minimum atomic E-state index is -0.189. The summed E-state index contributed by atoms with van der Waals surface area (Å²) in [6.45, 7) is 4.83. The van der Waals surface area contributed by atoms with Gasteiger partial charge in [0, 0.05) is 38.2 Å². The molecule has 0 aromatic carbocycles. The lowest BCUT2D eigenvalue weighted by molar-refractivity contribution is -0.122. The molecule has 0 saturated carbocycles. The first kappa shape index (κ1) is 14.1. The first-order valence-electron chi connectivity index (χ1n) is 7.43. The Hall–Kier alpha value is -1.89. The van der Waals surface area contributed by atoms with Gasteiger partial charge in [-0.2, -0.15) is 0 Å². The molecule has 1 amide bonds. The van der Waals surface area contributed by atoms with Gasteiger partial charge in [-0.05, 0) is 12.8 Å². The number of carbonyl (C=O) groups excluding carboxylic acids is 1. The molecule has 7 nitrogen and oxygen atoms in total. The van der Waals surface area contributed by atoms with Gasteiger partial charge in [-0.1, -0.05) is 0 Å². The molecule has 2 N–H and O–H groups in total. The lowest BCUT2D eigenvalue weighted by Gasteiger charge is -2.32. The molecule has 3 rings (SSSR count). The number of ether oxygens (including phenoxy) is 1. The Labute approximate surface area is 124 Å². The molecule has 7 heteroatoms. The summed E-state index contributed by atoms with van der Waals surface area (Å²) in [4.78, 5) is 24.4. The molecule has 0 spiro atoms. The van der Waals surface area contributed by atoms with Crippen LogP contribution in [0.15, 0.2) is 12.4 Å². The average Bonchev–Trinajstić information content (AvgIpc) is 2.56. The Bertz CT molecular complexity index is 496. The van der Waals surface area contributed by atoms with E-state index in [9.17, 15) is 4.79 Å². The number of anilines is 2. The molecular formula is C14H21N5O2. The quantitative estimate of drug-likeness (QED) is 0.845. The number of carbonyl (C=O) groups is 1. The summed E-state index contributed by atoms with van der Waals surface area (Å²) in [5.74, 6) is 1.68. The SMILES string of the molecule is NC(=O)C1CCN(c2cc(N3CCOCC3)ncn2)CC1. The van der Waals surface area contributed by atoms with Crippen molar-refractivity contribution in [3.63, 3.8) is 0 Å². The number of hydrogen-bond donors (Lipinski definition) is 1. The van der Waals surface area contributed by atoms with Crippen LogP contribution in [-0.4, -0.2) is 55.3 Å². The van der Waals surface area contributed by atoms with Crippen LogP contribution in [0.3, 0.4) is 0 Å². The summed E-state index contributed by atoms with van der Waals surface area (Å²) in [6.07, 6.45) is 3.21. The van der Waals surface area contributed by atoms with Gasteiger partial charge >= 0.3 is 0 Å². The van der Waals surface area contributed by atoms with Crippen molar-refractivity contribution in [3.05, 3.63) is 12.4 Å². The molecule has 2 aliphatic heterocycles. The molecule has 2 fully saturated rings. The number of hydrogen-bond acceptors (Lipinski definition) is 6. The largest absolute Gasteiger partial charge is 0.378 e. The van der Waals surface area contributed by atoms with Crippen molar-refractivity contribution in [1.82, 2.24) is 9.97 Å². The lowest BCUT2D eigenvalue weighted by Crippen LogP contribution is -2.39. The Morgan fingerprint density at radius 1 is 1.10 bits per heavy atom. The third-order valence-electron chi connectivity index (χ3n) is 4.19. The van der Waals surface area contributed by atoms with Crippen molar-refractivity contribution in [3.8, 4) is 0 Å². The Morgan fingerprint density at radius 3 is 2.24 bits per heavy atom. The van der Waals surface area contributed by atoms with Crippen LogP contribution < -0.4 is 15.5 Å². The second-order valence-electron chi connectivity index (χ2n) is 5.50. The van der Waals surface area contributed by atoms with Crippen LogP contribution in [0.5, 0.6) is 0 Å². The predicted molar refractivity (Wildman–Crippen MR) is 79.2 cm³/mol. The molecule has 0 radical (unpaired) electrons. The van der Waals surface area contributed by atoms with Crippen LogP contribution in [0.2, 0.25) is 0 Å². The molecule has 1 aromatic rings. The number of amides is 1. The third-order valence-corrected chi connectivity index (χ3v) is 4.19. The molecule has 0 atom stereocenters. The van der Waals surface area contributed by atoms with E-state index < -0.39 is 0 Å². The molecule has 3 heterocycles. The zero-order valence-electron chi connectivity index (χ0n) is 12.1. The zero-order valence-corrected chi connectivity index (χ0v) is 12.1. The van der Waals surface area contributed by atoms with Crippen molar-refractivity contribution in [2.45, 2.75) is 12.8 Å². The summed E-state index contributed by atoms with van der Waals surface area (Å²) in [6, 6.07) is 2.02. The van der Waals surface area contributed by atoms with E-state index in [-0.39, 0.29) is 11.8 Å². The standard InChI is InChI=1S/C14H21N5O2/c15-14(20)11-1-3-18(4-2-11)12-9-13(17-10-16-12)19-5-7-21-8-6-19/h9-11H,1-8H2,(H2,15,20). The number of primary amides is 1. The van der Waals surface area contributed by atoms with Gasteiger partial charge in [0.2, 0.25) is 5.91 Å². The Morgan fingerprint density at radius 2 is 1.67 bits per heavy atom. The first-order valence-corrected chi connectivity index (χ1v) is 7.43. The second kappa shape index (κ2) is 6.26. The fourth-order valence-electron chi connectivity index (χ4n) is 2.87. The van der Waals surface area contributed by atoms with Crippen molar-refractivity contribution in [2.24, 2.45) is 11.7 Å². The minimum absolute atomic E-state index is 0.00167. The van der Waals surface area contributed by atoms with Crippen LogP contribution in [-0.2, 0) is 9.53 Å². The number of morpholine rings is 1. The van der Waals surface area contributed by atoms with Gasteiger partial charge in [-0.15, -0.1) is 0 Å². The Balaban J connectivity index is 1.67. The highest BCUT2D eigenvalue weighted by molar-refractivity contribution is 5.77. The fraction of sp³-hybridized carbons (Fsp3) is 0.643. The summed E-state index contributed by atoms with van der Waals surface area (Å²) in [5, 5.41) is 0. The third kappa shape index (κ3) is 3.24. The maximum atomic E-state index is 11.2. The number of aromatic nitrogens is 2. The average molecular weight is 291 g/mol. The van der Waals surface area contributed by atoms with E-state index >= 15 is 0 Å². The highest BCUT2D eigenvalue weighted by Crippen LogP contribution is 2.24. The maximum absolute atomic E-state index is 11.2. The molecular weight excluding hydrogens is 270 g/mol. The minimum Gasteiger partial charge on any atom is -0.378 e. The topological polar surface area (TPSA) is 84.6 Å². The van der Waals surface area contributed by atoms with Crippen LogP contribution in [0, 0.1) is 5.92 Å². The van der Waals surface area contributed by atoms with E-state index in [4.69, 9.17) is 10.5 Å². The van der Waals surface area contributed by atoms with Crippen LogP contribution in [0.1, 0.15) is 12.8 Å². The number of nitrogens with zero attached hydrogens (tertiary/aromatic N) is 4. The van der Waals surface area contributed by atoms with Crippen molar-refractivity contribution in [2.75, 3.05) is 49.2 Å².